The van der Waals surface area contributed by atoms with Gasteiger partial charge in [-0.1, -0.05) is 29.8 Å². The summed E-state index contributed by atoms with van der Waals surface area (Å²) in [6.45, 7) is 2.05. The highest BCUT2D eigenvalue weighted by molar-refractivity contribution is 5.87. The number of hydrogen-bond acceptors (Lipinski definition) is 5. The summed E-state index contributed by atoms with van der Waals surface area (Å²) in [5.41, 5.74) is 4.18. The molecule has 0 saturated heterocycles. The molecule has 0 aliphatic heterocycles. The molecule has 2 aromatic carbocycles. The van der Waals surface area contributed by atoms with Crippen molar-refractivity contribution in [2.45, 2.75) is 6.92 Å². The summed E-state index contributed by atoms with van der Waals surface area (Å²) >= 11 is 0. The first kappa shape index (κ1) is 16.1. The smallest absolute Gasteiger partial charge is 0.170 e. The Balaban J connectivity index is 1.99. The lowest BCUT2D eigenvalue weighted by molar-refractivity contribution is 0.477. The number of rotatable bonds is 3. The van der Waals surface area contributed by atoms with E-state index in [1.807, 2.05) is 47.8 Å². The van der Waals surface area contributed by atoms with Crippen LogP contribution in [-0.2, 0) is 0 Å². The van der Waals surface area contributed by atoms with Gasteiger partial charge in [-0.3, -0.25) is 4.57 Å². The van der Waals surface area contributed by atoms with E-state index in [0.29, 0.717) is 22.9 Å². The Bertz CT molecular complexity index is 1080. The third-order valence-corrected chi connectivity index (χ3v) is 4.26. The highest BCUT2D eigenvalue weighted by Crippen LogP contribution is 2.31. The van der Waals surface area contributed by atoms with Gasteiger partial charge in [0.1, 0.15) is 12.1 Å². The summed E-state index contributed by atoms with van der Waals surface area (Å²) in [4.78, 5) is 15.8. The molecule has 0 bridgehead atoms. The third-order valence-electron chi connectivity index (χ3n) is 4.26. The SMILES string of the molecule is Cc1ccc(-n2cnc3c(N(C)C)nc(-c4ccccc4O)nc32)cc1. The number of aryl methyl sites for hydroxylation is 1. The monoisotopic (exact) mass is 345 g/mol. The number of para-hydroxylation sites is 1. The van der Waals surface area contributed by atoms with Gasteiger partial charge >= 0.3 is 0 Å². The quantitative estimate of drug-likeness (QED) is 0.615. The zero-order valence-electron chi connectivity index (χ0n) is 14.9. The molecule has 0 fully saturated rings. The Morgan fingerprint density at radius 2 is 1.69 bits per heavy atom. The van der Waals surface area contributed by atoms with E-state index in [-0.39, 0.29) is 5.75 Å². The number of anilines is 1. The molecule has 6 nitrogen and oxygen atoms in total. The van der Waals surface area contributed by atoms with Crippen molar-refractivity contribution in [2.24, 2.45) is 0 Å². The fraction of sp³-hybridized carbons (Fsp3) is 0.150. The van der Waals surface area contributed by atoms with E-state index in [2.05, 4.69) is 29.0 Å². The number of benzene rings is 2. The van der Waals surface area contributed by atoms with Crippen LogP contribution in [0, 0.1) is 6.92 Å². The molecule has 0 saturated carbocycles. The number of phenols is 1. The number of hydrogen-bond donors (Lipinski definition) is 1. The summed E-state index contributed by atoms with van der Waals surface area (Å²) in [6.07, 6.45) is 1.76. The number of nitrogens with zero attached hydrogens (tertiary/aromatic N) is 5. The summed E-state index contributed by atoms with van der Waals surface area (Å²) in [6, 6.07) is 15.3. The Morgan fingerprint density at radius 1 is 0.962 bits per heavy atom. The standard InChI is InChI=1S/C20H19N5O/c1-13-8-10-14(11-9-13)25-12-21-17-19(24(2)3)22-18(23-20(17)25)15-6-4-5-7-16(15)26/h4-12,26H,1-3H3. The first-order chi connectivity index (χ1) is 12.5. The van der Waals surface area contributed by atoms with Gasteiger partial charge in [-0.2, -0.15) is 0 Å². The maximum Gasteiger partial charge on any atom is 0.170 e. The minimum atomic E-state index is 0.151. The Hall–Kier alpha value is -3.41. The van der Waals surface area contributed by atoms with Gasteiger partial charge in [0.2, 0.25) is 0 Å². The molecule has 0 spiro atoms. The second-order valence-electron chi connectivity index (χ2n) is 6.40. The molecule has 130 valence electrons. The van der Waals surface area contributed by atoms with Crippen molar-refractivity contribution in [3.05, 3.63) is 60.4 Å². The highest BCUT2D eigenvalue weighted by Gasteiger charge is 2.17. The van der Waals surface area contributed by atoms with Crippen LogP contribution in [0.2, 0.25) is 0 Å². The van der Waals surface area contributed by atoms with E-state index >= 15 is 0 Å². The summed E-state index contributed by atoms with van der Waals surface area (Å²) < 4.78 is 1.94. The predicted octanol–water partition coefficient (Wildman–Crippen LogP) is 3.56. The van der Waals surface area contributed by atoms with Gasteiger partial charge in [-0.15, -0.1) is 0 Å². The molecule has 4 aromatic rings. The Labute approximate surface area is 151 Å². The van der Waals surface area contributed by atoms with Gasteiger partial charge in [-0.25, -0.2) is 15.0 Å². The van der Waals surface area contributed by atoms with Crippen molar-refractivity contribution in [1.29, 1.82) is 0 Å². The van der Waals surface area contributed by atoms with Crippen LogP contribution in [0.15, 0.2) is 54.9 Å². The topological polar surface area (TPSA) is 67.1 Å². The first-order valence-corrected chi connectivity index (χ1v) is 8.32. The van der Waals surface area contributed by atoms with E-state index in [4.69, 9.17) is 4.98 Å². The van der Waals surface area contributed by atoms with Crippen molar-refractivity contribution in [3.8, 4) is 22.8 Å². The van der Waals surface area contributed by atoms with Crippen molar-refractivity contribution in [2.75, 3.05) is 19.0 Å². The van der Waals surface area contributed by atoms with Gasteiger partial charge in [0.05, 0.1) is 5.56 Å². The zero-order valence-corrected chi connectivity index (χ0v) is 14.9. The normalized spacial score (nSPS) is 11.0. The van der Waals surface area contributed by atoms with E-state index in [1.165, 1.54) is 5.56 Å². The van der Waals surface area contributed by atoms with Crippen LogP contribution in [0.25, 0.3) is 28.2 Å². The summed E-state index contributed by atoms with van der Waals surface area (Å²) in [7, 11) is 3.84. The van der Waals surface area contributed by atoms with Crippen LogP contribution >= 0.6 is 0 Å². The number of aromatic nitrogens is 4. The summed E-state index contributed by atoms with van der Waals surface area (Å²) in [5.74, 6) is 1.32. The van der Waals surface area contributed by atoms with E-state index in [0.717, 1.165) is 11.2 Å². The Kier molecular flexibility index (Phi) is 3.80. The second-order valence-corrected chi connectivity index (χ2v) is 6.40. The lowest BCUT2D eigenvalue weighted by atomic mass is 10.2. The maximum atomic E-state index is 10.2. The molecule has 0 aliphatic carbocycles. The molecular weight excluding hydrogens is 326 g/mol. The van der Waals surface area contributed by atoms with Gasteiger partial charge < -0.3 is 10.0 Å². The van der Waals surface area contributed by atoms with Gasteiger partial charge in [0, 0.05) is 19.8 Å². The minimum absolute atomic E-state index is 0.151. The van der Waals surface area contributed by atoms with E-state index < -0.39 is 0 Å². The van der Waals surface area contributed by atoms with E-state index in [9.17, 15) is 5.11 Å². The maximum absolute atomic E-state index is 10.2. The molecule has 0 amide bonds. The molecule has 26 heavy (non-hydrogen) atoms. The lowest BCUT2D eigenvalue weighted by Gasteiger charge is -2.14. The molecule has 0 radical (unpaired) electrons. The van der Waals surface area contributed by atoms with Crippen molar-refractivity contribution < 1.29 is 5.11 Å². The highest BCUT2D eigenvalue weighted by atomic mass is 16.3. The molecule has 4 rings (SSSR count). The predicted molar refractivity (Wildman–Crippen MR) is 103 cm³/mol. The number of imidazole rings is 1. The molecule has 2 heterocycles. The number of phenolic OH excluding ortho intramolecular Hbond substituents is 1. The largest absolute Gasteiger partial charge is 0.507 e. The molecule has 2 aromatic heterocycles. The van der Waals surface area contributed by atoms with Gasteiger partial charge in [-0.05, 0) is 31.2 Å². The van der Waals surface area contributed by atoms with Gasteiger partial charge in [0.25, 0.3) is 0 Å². The number of fused-ring (bicyclic) bond motifs is 1. The molecule has 0 unspecified atom stereocenters. The molecule has 0 atom stereocenters. The number of aromatic hydroxyl groups is 1. The van der Waals surface area contributed by atoms with Crippen LogP contribution < -0.4 is 4.90 Å². The molecule has 1 N–H and O–H groups in total. The molecule has 0 aliphatic rings. The summed E-state index contributed by atoms with van der Waals surface area (Å²) in [5, 5.41) is 10.2. The average molecular weight is 345 g/mol. The van der Waals surface area contributed by atoms with Crippen LogP contribution in [0.1, 0.15) is 5.56 Å². The van der Waals surface area contributed by atoms with Crippen molar-refractivity contribution >= 4 is 17.0 Å². The average Bonchev–Trinajstić information content (AvgIpc) is 3.05. The minimum Gasteiger partial charge on any atom is -0.507 e. The Morgan fingerprint density at radius 3 is 2.38 bits per heavy atom. The zero-order chi connectivity index (χ0) is 18.3. The molecular formula is C20H19N5O. The van der Waals surface area contributed by atoms with E-state index in [1.54, 1.807) is 18.5 Å². The molecule has 6 heteroatoms. The second kappa shape index (κ2) is 6.15. The van der Waals surface area contributed by atoms with Crippen LogP contribution in [0.5, 0.6) is 5.75 Å². The first-order valence-electron chi connectivity index (χ1n) is 8.32. The lowest BCUT2D eigenvalue weighted by Crippen LogP contribution is -2.12. The fourth-order valence-electron chi connectivity index (χ4n) is 2.87. The third kappa shape index (κ3) is 2.65. The fourth-order valence-corrected chi connectivity index (χ4v) is 2.87. The van der Waals surface area contributed by atoms with Crippen molar-refractivity contribution in [3.63, 3.8) is 0 Å². The van der Waals surface area contributed by atoms with Crippen LogP contribution in [0.4, 0.5) is 5.82 Å². The van der Waals surface area contributed by atoms with Crippen LogP contribution in [-0.4, -0.2) is 38.7 Å². The van der Waals surface area contributed by atoms with Crippen molar-refractivity contribution in [1.82, 2.24) is 19.5 Å². The van der Waals surface area contributed by atoms with Gasteiger partial charge in [0.15, 0.2) is 22.8 Å². The van der Waals surface area contributed by atoms with Crippen LogP contribution in [0.3, 0.4) is 0 Å².